The number of nitrogens with one attached hydrogen (secondary N) is 1. The topological polar surface area (TPSA) is 83.5 Å². The third-order valence-corrected chi connectivity index (χ3v) is 5.53. The molecular formula is C15H19NO4S. The highest BCUT2D eigenvalue weighted by atomic mass is 32.2. The number of hydrogen-bond acceptors (Lipinski definition) is 3. The lowest BCUT2D eigenvalue weighted by atomic mass is 9.90. The molecule has 2 N–H and O–H groups in total. The molecule has 0 saturated heterocycles. The number of carboxylic acid groups (broad SMARTS) is 1. The van der Waals surface area contributed by atoms with Crippen LogP contribution in [0.15, 0.2) is 35.2 Å². The molecule has 5 nitrogen and oxygen atoms in total. The molecule has 0 bridgehead atoms. The molecule has 0 saturated carbocycles. The van der Waals surface area contributed by atoms with Crippen molar-refractivity contribution in [3.63, 3.8) is 0 Å². The van der Waals surface area contributed by atoms with Gasteiger partial charge in [-0.2, -0.15) is 0 Å². The maximum Gasteiger partial charge on any atom is 0.308 e. The van der Waals surface area contributed by atoms with Gasteiger partial charge in [-0.05, 0) is 43.9 Å². The molecule has 1 aliphatic rings. The molecule has 0 fully saturated rings. The van der Waals surface area contributed by atoms with Crippen LogP contribution in [-0.2, 0) is 14.8 Å². The van der Waals surface area contributed by atoms with Crippen LogP contribution in [0.1, 0.15) is 24.0 Å². The Balaban J connectivity index is 2.30. The molecule has 0 heterocycles. The van der Waals surface area contributed by atoms with Crippen LogP contribution in [0.5, 0.6) is 0 Å². The van der Waals surface area contributed by atoms with Crippen LogP contribution in [0.2, 0.25) is 0 Å². The monoisotopic (exact) mass is 309 g/mol. The fraction of sp³-hybridized carbons (Fsp3) is 0.400. The first-order valence-corrected chi connectivity index (χ1v) is 8.27. The molecular weight excluding hydrogens is 290 g/mol. The second-order valence-corrected chi connectivity index (χ2v) is 7.00. The second kappa shape index (κ2) is 5.99. The van der Waals surface area contributed by atoms with E-state index in [1.807, 2.05) is 19.1 Å². The number of hydrogen-bond donors (Lipinski definition) is 2. The van der Waals surface area contributed by atoms with Gasteiger partial charge >= 0.3 is 5.97 Å². The average molecular weight is 309 g/mol. The van der Waals surface area contributed by atoms with Gasteiger partial charge in [0.05, 0.1) is 10.8 Å². The predicted octanol–water partition coefficient (Wildman–Crippen LogP) is 2.00. The summed E-state index contributed by atoms with van der Waals surface area (Å²) in [6, 6.07) is 4.46. The quantitative estimate of drug-likeness (QED) is 0.833. The van der Waals surface area contributed by atoms with E-state index >= 15 is 0 Å². The summed E-state index contributed by atoms with van der Waals surface area (Å²) in [7, 11) is -3.73. The number of sulfonamides is 1. The van der Waals surface area contributed by atoms with Crippen molar-refractivity contribution in [2.75, 3.05) is 0 Å². The summed E-state index contributed by atoms with van der Waals surface area (Å²) in [6.07, 6.45) is 4.33. The van der Waals surface area contributed by atoms with Crippen molar-refractivity contribution in [2.45, 2.75) is 37.6 Å². The summed E-state index contributed by atoms with van der Waals surface area (Å²) in [6.45, 7) is 3.59. The van der Waals surface area contributed by atoms with Gasteiger partial charge in [-0.15, -0.1) is 0 Å². The summed E-state index contributed by atoms with van der Waals surface area (Å²) in [4.78, 5) is 11.4. The first-order chi connectivity index (χ1) is 9.83. The van der Waals surface area contributed by atoms with E-state index in [0.717, 1.165) is 5.56 Å². The van der Waals surface area contributed by atoms with Crippen LogP contribution in [0.3, 0.4) is 0 Å². The minimum Gasteiger partial charge on any atom is -0.481 e. The molecule has 2 rings (SSSR count). The number of carbonyl (C=O) groups is 1. The van der Waals surface area contributed by atoms with E-state index in [9.17, 15) is 18.3 Å². The lowest BCUT2D eigenvalue weighted by molar-refractivity contribution is -0.142. The largest absolute Gasteiger partial charge is 0.481 e. The zero-order chi connectivity index (χ0) is 15.6. The zero-order valence-electron chi connectivity index (χ0n) is 12.0. The molecule has 0 radical (unpaired) electrons. The maximum atomic E-state index is 12.5. The molecule has 1 aromatic carbocycles. The van der Waals surface area contributed by atoms with Crippen molar-refractivity contribution >= 4 is 16.0 Å². The van der Waals surface area contributed by atoms with Gasteiger partial charge in [0.15, 0.2) is 0 Å². The normalized spacial score (nSPS) is 22.2. The Morgan fingerprint density at radius 3 is 2.57 bits per heavy atom. The van der Waals surface area contributed by atoms with Gasteiger partial charge in [-0.1, -0.05) is 24.3 Å². The summed E-state index contributed by atoms with van der Waals surface area (Å²) >= 11 is 0. The number of rotatable bonds is 4. The molecule has 0 amide bonds. The van der Waals surface area contributed by atoms with Crippen LogP contribution in [0.4, 0.5) is 0 Å². The van der Waals surface area contributed by atoms with Crippen molar-refractivity contribution in [1.82, 2.24) is 4.72 Å². The van der Waals surface area contributed by atoms with E-state index in [0.29, 0.717) is 18.4 Å². The van der Waals surface area contributed by atoms with Gasteiger partial charge in [-0.3, -0.25) is 4.79 Å². The molecule has 2 atom stereocenters. The highest BCUT2D eigenvalue weighted by Gasteiger charge is 2.32. The van der Waals surface area contributed by atoms with Gasteiger partial charge in [0.25, 0.3) is 0 Å². The van der Waals surface area contributed by atoms with E-state index in [1.54, 1.807) is 25.1 Å². The van der Waals surface area contributed by atoms with Crippen LogP contribution < -0.4 is 4.72 Å². The molecule has 21 heavy (non-hydrogen) atoms. The van der Waals surface area contributed by atoms with Gasteiger partial charge in [0, 0.05) is 6.04 Å². The first-order valence-electron chi connectivity index (χ1n) is 6.79. The second-order valence-electron chi connectivity index (χ2n) is 5.31. The summed E-state index contributed by atoms with van der Waals surface area (Å²) in [5.41, 5.74) is 1.57. The summed E-state index contributed by atoms with van der Waals surface area (Å²) in [5.74, 6) is -1.71. The van der Waals surface area contributed by atoms with E-state index in [2.05, 4.69) is 4.72 Å². The Hall–Kier alpha value is -1.66. The molecule has 1 aliphatic carbocycles. The van der Waals surface area contributed by atoms with Crippen LogP contribution in [0.25, 0.3) is 0 Å². The number of aryl methyl sites for hydroxylation is 1. The summed E-state index contributed by atoms with van der Waals surface area (Å²) < 4.78 is 27.6. The van der Waals surface area contributed by atoms with Crippen molar-refractivity contribution in [3.05, 3.63) is 41.5 Å². The Kier molecular flexibility index (Phi) is 4.49. The van der Waals surface area contributed by atoms with E-state index in [-0.39, 0.29) is 4.90 Å². The van der Waals surface area contributed by atoms with E-state index in [4.69, 9.17) is 0 Å². The third-order valence-electron chi connectivity index (χ3n) is 3.90. The van der Waals surface area contributed by atoms with Gasteiger partial charge in [0.1, 0.15) is 0 Å². The van der Waals surface area contributed by atoms with Crippen LogP contribution in [-0.4, -0.2) is 25.5 Å². The number of allylic oxidation sites excluding steroid dienone is 1. The Bertz CT molecular complexity index is 679. The van der Waals surface area contributed by atoms with Crippen molar-refractivity contribution in [1.29, 1.82) is 0 Å². The lowest BCUT2D eigenvalue weighted by Crippen LogP contribution is -2.44. The van der Waals surface area contributed by atoms with Gasteiger partial charge in [-0.25, -0.2) is 13.1 Å². The molecule has 0 unspecified atom stereocenters. The SMILES string of the molecule is Cc1cccc(S(=O)(=O)N[C@@H]2CC=CC[C@@H]2C(=O)O)c1C. The average Bonchev–Trinajstić information content (AvgIpc) is 2.41. The number of aliphatic carboxylic acids is 1. The fourth-order valence-electron chi connectivity index (χ4n) is 2.50. The summed E-state index contributed by atoms with van der Waals surface area (Å²) in [5, 5.41) is 9.21. The van der Waals surface area contributed by atoms with Crippen molar-refractivity contribution < 1.29 is 18.3 Å². The predicted molar refractivity (Wildman–Crippen MR) is 79.5 cm³/mol. The Labute approximate surface area is 124 Å². The Morgan fingerprint density at radius 1 is 1.24 bits per heavy atom. The van der Waals surface area contributed by atoms with Crippen molar-refractivity contribution in [2.24, 2.45) is 5.92 Å². The lowest BCUT2D eigenvalue weighted by Gasteiger charge is -2.26. The number of benzene rings is 1. The van der Waals surface area contributed by atoms with Crippen LogP contribution >= 0.6 is 0 Å². The van der Waals surface area contributed by atoms with E-state index in [1.165, 1.54) is 0 Å². The molecule has 0 spiro atoms. The van der Waals surface area contributed by atoms with Gasteiger partial charge in [0.2, 0.25) is 10.0 Å². The molecule has 0 aromatic heterocycles. The van der Waals surface area contributed by atoms with Crippen molar-refractivity contribution in [3.8, 4) is 0 Å². The highest BCUT2D eigenvalue weighted by molar-refractivity contribution is 7.89. The standard InChI is InChI=1S/C15H19NO4S/c1-10-6-5-9-14(11(10)2)21(19,20)16-13-8-4-3-7-12(13)15(17)18/h3-6,9,12-13,16H,7-8H2,1-2H3,(H,17,18)/t12-,13+/m0/s1. The highest BCUT2D eigenvalue weighted by Crippen LogP contribution is 2.23. The van der Waals surface area contributed by atoms with E-state index < -0.39 is 28.0 Å². The number of carboxylic acids is 1. The fourth-order valence-corrected chi connectivity index (χ4v) is 4.10. The minimum absolute atomic E-state index is 0.209. The van der Waals surface area contributed by atoms with Crippen LogP contribution in [0, 0.1) is 19.8 Å². The Morgan fingerprint density at radius 2 is 1.90 bits per heavy atom. The minimum atomic E-state index is -3.73. The van der Waals surface area contributed by atoms with Gasteiger partial charge < -0.3 is 5.11 Å². The maximum absolute atomic E-state index is 12.5. The smallest absolute Gasteiger partial charge is 0.308 e. The molecule has 114 valence electrons. The molecule has 6 heteroatoms. The third kappa shape index (κ3) is 3.33. The molecule has 0 aliphatic heterocycles. The molecule has 1 aromatic rings. The first kappa shape index (κ1) is 15.7. The zero-order valence-corrected chi connectivity index (χ0v) is 12.9.